The summed E-state index contributed by atoms with van der Waals surface area (Å²) >= 11 is 0. The van der Waals surface area contributed by atoms with Crippen LogP contribution in [-0.2, 0) is 32.6 Å². The molecule has 9 heteroatoms. The molecule has 1 saturated carbocycles. The van der Waals surface area contributed by atoms with Crippen molar-refractivity contribution in [2.75, 3.05) is 20.2 Å². The number of carbonyl (C=O) groups is 3. The summed E-state index contributed by atoms with van der Waals surface area (Å²) in [5.74, 6) is -1.34. The minimum absolute atomic E-state index is 0.0835. The van der Waals surface area contributed by atoms with Crippen LogP contribution in [0.4, 0.5) is 0 Å². The largest absolute Gasteiger partial charge is 0.455 e. The summed E-state index contributed by atoms with van der Waals surface area (Å²) < 4.78 is 6.20. The summed E-state index contributed by atoms with van der Waals surface area (Å²) in [4.78, 5) is 49.3. The van der Waals surface area contributed by atoms with Crippen molar-refractivity contribution in [2.24, 2.45) is 7.05 Å². The molecule has 1 fully saturated rings. The van der Waals surface area contributed by atoms with E-state index in [1.165, 1.54) is 23.7 Å². The van der Waals surface area contributed by atoms with Gasteiger partial charge in [0.15, 0.2) is 6.61 Å². The zero-order valence-corrected chi connectivity index (χ0v) is 15.8. The molecule has 2 aromatic rings. The van der Waals surface area contributed by atoms with Crippen LogP contribution >= 0.6 is 0 Å². The van der Waals surface area contributed by atoms with Gasteiger partial charge in [-0.25, -0.2) is 4.68 Å². The zero-order valence-electron chi connectivity index (χ0n) is 15.8. The van der Waals surface area contributed by atoms with Gasteiger partial charge in [0.1, 0.15) is 0 Å². The number of rotatable bonds is 7. The summed E-state index contributed by atoms with van der Waals surface area (Å²) in [6.07, 6.45) is 1.76. The van der Waals surface area contributed by atoms with Crippen LogP contribution in [-0.4, -0.2) is 58.7 Å². The molecule has 0 spiro atoms. The van der Waals surface area contributed by atoms with Gasteiger partial charge in [-0.1, -0.05) is 18.2 Å². The van der Waals surface area contributed by atoms with Crippen molar-refractivity contribution >= 4 is 28.6 Å². The Labute approximate surface area is 161 Å². The average molecular weight is 386 g/mol. The van der Waals surface area contributed by atoms with Crippen LogP contribution < -0.4 is 10.9 Å². The number of aryl methyl sites for hydroxylation is 1. The van der Waals surface area contributed by atoms with Crippen LogP contribution in [0, 0.1) is 0 Å². The van der Waals surface area contributed by atoms with E-state index in [1.54, 1.807) is 24.3 Å². The SMILES string of the molecule is CN(CC(=O)NC1CC1)C(=O)COC(=O)Cc1nn(C)c(=O)c2ccccc12. The second kappa shape index (κ2) is 8.20. The van der Waals surface area contributed by atoms with Crippen molar-refractivity contribution in [1.82, 2.24) is 20.0 Å². The highest BCUT2D eigenvalue weighted by Crippen LogP contribution is 2.18. The Morgan fingerprint density at radius 2 is 1.93 bits per heavy atom. The summed E-state index contributed by atoms with van der Waals surface area (Å²) in [5.41, 5.74) is 0.140. The fourth-order valence-corrected chi connectivity index (χ4v) is 2.75. The first-order valence-electron chi connectivity index (χ1n) is 8.99. The molecule has 0 unspecified atom stereocenters. The molecule has 0 atom stereocenters. The zero-order chi connectivity index (χ0) is 20.3. The molecule has 3 rings (SSSR count). The van der Waals surface area contributed by atoms with E-state index in [1.807, 2.05) is 0 Å². The molecule has 1 aromatic carbocycles. The van der Waals surface area contributed by atoms with Crippen molar-refractivity contribution < 1.29 is 19.1 Å². The first-order chi connectivity index (χ1) is 13.3. The van der Waals surface area contributed by atoms with Crippen LogP contribution in [0.15, 0.2) is 29.1 Å². The lowest BCUT2D eigenvalue weighted by Gasteiger charge is -2.16. The Morgan fingerprint density at radius 1 is 1.25 bits per heavy atom. The van der Waals surface area contributed by atoms with Gasteiger partial charge in [0.05, 0.1) is 24.0 Å². The molecule has 1 aliphatic carbocycles. The Bertz CT molecular complexity index is 980. The lowest BCUT2D eigenvalue weighted by atomic mass is 10.1. The molecule has 1 heterocycles. The predicted molar refractivity (Wildman–Crippen MR) is 100 cm³/mol. The molecule has 148 valence electrons. The van der Waals surface area contributed by atoms with E-state index in [0.717, 1.165) is 12.8 Å². The van der Waals surface area contributed by atoms with E-state index in [2.05, 4.69) is 10.4 Å². The molecule has 28 heavy (non-hydrogen) atoms. The maximum Gasteiger partial charge on any atom is 0.312 e. The highest BCUT2D eigenvalue weighted by molar-refractivity contribution is 5.88. The lowest BCUT2D eigenvalue weighted by molar-refractivity contribution is -0.151. The molecule has 0 saturated heterocycles. The third kappa shape index (κ3) is 4.73. The number of amides is 2. The number of carbonyl (C=O) groups excluding carboxylic acids is 3. The summed E-state index contributed by atoms with van der Waals surface area (Å²) in [6, 6.07) is 7.09. The van der Waals surface area contributed by atoms with Crippen LogP contribution in [0.3, 0.4) is 0 Å². The van der Waals surface area contributed by atoms with Crippen LogP contribution in [0.5, 0.6) is 0 Å². The predicted octanol–water partition coefficient (Wildman–Crippen LogP) is -0.244. The molecule has 1 aliphatic rings. The van der Waals surface area contributed by atoms with Crippen LogP contribution in [0.1, 0.15) is 18.5 Å². The molecule has 9 nitrogen and oxygen atoms in total. The monoisotopic (exact) mass is 386 g/mol. The molecule has 0 bridgehead atoms. The second-order valence-corrected chi connectivity index (χ2v) is 6.85. The Morgan fingerprint density at radius 3 is 2.61 bits per heavy atom. The van der Waals surface area contributed by atoms with Crippen molar-refractivity contribution in [1.29, 1.82) is 0 Å². The highest BCUT2D eigenvalue weighted by Gasteiger charge is 2.24. The number of hydrogen-bond donors (Lipinski definition) is 1. The number of aromatic nitrogens is 2. The third-order valence-corrected chi connectivity index (χ3v) is 4.45. The number of nitrogens with zero attached hydrogens (tertiary/aromatic N) is 3. The topological polar surface area (TPSA) is 111 Å². The molecule has 1 aromatic heterocycles. The van der Waals surface area contributed by atoms with Crippen LogP contribution in [0.25, 0.3) is 10.8 Å². The summed E-state index contributed by atoms with van der Waals surface area (Å²) in [5, 5.41) is 7.95. The number of hydrogen-bond acceptors (Lipinski definition) is 6. The van der Waals surface area contributed by atoms with E-state index in [0.29, 0.717) is 16.5 Å². The summed E-state index contributed by atoms with van der Waals surface area (Å²) in [7, 11) is 2.99. The maximum absolute atomic E-state index is 12.2. The highest BCUT2D eigenvalue weighted by atomic mass is 16.5. The van der Waals surface area contributed by atoms with E-state index >= 15 is 0 Å². The molecule has 0 radical (unpaired) electrons. The normalized spacial score (nSPS) is 13.2. The van der Waals surface area contributed by atoms with Gasteiger partial charge in [0.25, 0.3) is 11.5 Å². The Kier molecular flexibility index (Phi) is 5.72. The van der Waals surface area contributed by atoms with Crippen LogP contribution in [0.2, 0.25) is 0 Å². The Hall–Kier alpha value is -3.23. The number of fused-ring (bicyclic) bond motifs is 1. The van der Waals surface area contributed by atoms with Gasteiger partial charge < -0.3 is 15.0 Å². The first kappa shape index (κ1) is 19.5. The van der Waals surface area contributed by atoms with Gasteiger partial charge in [0.2, 0.25) is 5.91 Å². The minimum Gasteiger partial charge on any atom is -0.455 e. The fraction of sp³-hybridized carbons (Fsp3) is 0.421. The number of benzene rings is 1. The van der Waals surface area contributed by atoms with E-state index in [9.17, 15) is 19.2 Å². The molecular formula is C19H22N4O5. The lowest BCUT2D eigenvalue weighted by Crippen LogP contribution is -2.40. The van der Waals surface area contributed by atoms with Gasteiger partial charge in [-0.15, -0.1) is 0 Å². The average Bonchev–Trinajstić information content (AvgIpc) is 3.47. The molecular weight excluding hydrogens is 364 g/mol. The first-order valence-corrected chi connectivity index (χ1v) is 8.99. The molecule has 0 aliphatic heterocycles. The van der Waals surface area contributed by atoms with Gasteiger partial charge in [0, 0.05) is 25.5 Å². The summed E-state index contributed by atoms with van der Waals surface area (Å²) in [6.45, 7) is -0.546. The third-order valence-electron chi connectivity index (χ3n) is 4.45. The molecule has 1 N–H and O–H groups in total. The van der Waals surface area contributed by atoms with E-state index < -0.39 is 18.5 Å². The fourth-order valence-electron chi connectivity index (χ4n) is 2.75. The standard InChI is InChI=1S/C19H22N4O5/c1-22(10-16(24)20-12-7-8-12)17(25)11-28-18(26)9-15-13-5-3-4-6-14(13)19(27)23(2)21-15/h3-6,12H,7-11H2,1-2H3,(H,20,24). The molecule has 2 amide bonds. The Balaban J connectivity index is 1.56. The van der Waals surface area contributed by atoms with Gasteiger partial charge >= 0.3 is 5.97 Å². The van der Waals surface area contributed by atoms with Crippen molar-refractivity contribution in [2.45, 2.75) is 25.3 Å². The number of nitrogens with one attached hydrogen (secondary N) is 1. The van der Waals surface area contributed by atoms with E-state index in [4.69, 9.17) is 4.74 Å². The van der Waals surface area contributed by atoms with Crippen molar-refractivity contribution in [3.63, 3.8) is 0 Å². The van der Waals surface area contributed by atoms with Gasteiger partial charge in [-0.2, -0.15) is 5.10 Å². The smallest absolute Gasteiger partial charge is 0.312 e. The number of ether oxygens (including phenoxy) is 1. The van der Waals surface area contributed by atoms with Gasteiger partial charge in [-0.3, -0.25) is 19.2 Å². The van der Waals surface area contributed by atoms with Gasteiger partial charge in [-0.05, 0) is 18.9 Å². The quantitative estimate of drug-likeness (QED) is 0.658. The number of esters is 1. The van der Waals surface area contributed by atoms with E-state index in [-0.39, 0.29) is 30.5 Å². The second-order valence-electron chi connectivity index (χ2n) is 6.85. The maximum atomic E-state index is 12.2. The number of likely N-dealkylation sites (N-methyl/N-ethyl adjacent to an activating group) is 1. The van der Waals surface area contributed by atoms with Crippen molar-refractivity contribution in [3.05, 3.63) is 40.3 Å². The van der Waals surface area contributed by atoms with Crippen molar-refractivity contribution in [3.8, 4) is 0 Å². The minimum atomic E-state index is -0.638.